The van der Waals surface area contributed by atoms with Crippen molar-refractivity contribution in [2.75, 3.05) is 26.4 Å². The summed E-state index contributed by atoms with van der Waals surface area (Å²) in [5.41, 5.74) is 5.33. The molecule has 0 bridgehead atoms. The monoisotopic (exact) mass is 730 g/mol. The van der Waals surface area contributed by atoms with Gasteiger partial charge in [-0.05, 0) is 64.2 Å². The summed E-state index contributed by atoms with van der Waals surface area (Å²) in [7, 11) is -4.37. The summed E-state index contributed by atoms with van der Waals surface area (Å²) in [5, 5.41) is 0. The fourth-order valence-electron chi connectivity index (χ4n) is 5.51. The number of carbonyl (C=O) groups is 2. The van der Waals surface area contributed by atoms with E-state index in [1.165, 1.54) is 83.5 Å². The first-order valence-corrected chi connectivity index (χ1v) is 21.8. The number of nitrogens with two attached hydrogens (primary N) is 1. The first-order valence-electron chi connectivity index (χ1n) is 20.3. The lowest BCUT2D eigenvalue weighted by Gasteiger charge is -2.19. The van der Waals surface area contributed by atoms with E-state index in [9.17, 15) is 19.0 Å². The fourth-order valence-corrected chi connectivity index (χ4v) is 6.27. The normalized spacial score (nSPS) is 13.6. The first-order chi connectivity index (χ1) is 24.3. The number of allylic oxidation sites excluding steroid dienone is 4. The van der Waals surface area contributed by atoms with Crippen LogP contribution in [0.15, 0.2) is 24.3 Å². The third kappa shape index (κ3) is 36.3. The smallest absolute Gasteiger partial charge is 0.462 e. The van der Waals surface area contributed by atoms with Crippen LogP contribution in [0, 0.1) is 0 Å². The van der Waals surface area contributed by atoms with Gasteiger partial charge >= 0.3 is 19.8 Å². The molecule has 9 nitrogen and oxygen atoms in total. The molecule has 0 fully saturated rings. The van der Waals surface area contributed by atoms with Gasteiger partial charge in [-0.2, -0.15) is 0 Å². The summed E-state index contributed by atoms with van der Waals surface area (Å²) in [6, 6.07) is 0. The molecule has 0 amide bonds. The number of rotatable bonds is 38. The zero-order valence-electron chi connectivity index (χ0n) is 32.1. The standard InChI is InChI=1S/C40H76NO8P/c1-3-5-7-9-11-13-15-17-18-19-20-21-23-24-26-28-30-32-39(42)46-36-38(37-48-50(44,45)47-35-34-41)49-40(43)33-31-29-27-25-22-16-14-12-10-8-6-4-2/h12,14,17-18,38H,3-11,13,15-16,19-37,41H2,1-2H3,(H,44,45)/b14-12+,18-17+/t38-/m0/s1. The molecule has 0 aromatic carbocycles. The molecular weight excluding hydrogens is 653 g/mol. The van der Waals surface area contributed by atoms with Crippen LogP contribution in [0.4, 0.5) is 0 Å². The molecule has 1 unspecified atom stereocenters. The lowest BCUT2D eigenvalue weighted by atomic mass is 10.1. The maximum Gasteiger partial charge on any atom is 0.472 e. The number of phosphoric acid groups is 1. The molecule has 0 aliphatic rings. The Balaban J connectivity index is 4.17. The lowest BCUT2D eigenvalue weighted by Crippen LogP contribution is -2.29. The summed E-state index contributed by atoms with van der Waals surface area (Å²) in [6.45, 7) is 3.69. The van der Waals surface area contributed by atoms with Gasteiger partial charge in [0.15, 0.2) is 6.10 Å². The van der Waals surface area contributed by atoms with Gasteiger partial charge in [0.25, 0.3) is 0 Å². The SMILES string of the molecule is CCCCC/C=C/CCCCCCCC(=O)O[C@@H](COC(=O)CCCCCCCCC/C=C/CCCCCCCC)COP(=O)(O)OCCN. The van der Waals surface area contributed by atoms with Crippen LogP contribution in [0.3, 0.4) is 0 Å². The Bertz CT molecular complexity index is 881. The van der Waals surface area contributed by atoms with E-state index in [0.29, 0.717) is 6.42 Å². The molecule has 2 atom stereocenters. The maximum atomic E-state index is 12.5. The molecular formula is C40H76NO8P. The highest BCUT2D eigenvalue weighted by Crippen LogP contribution is 2.43. The molecule has 0 spiro atoms. The minimum Gasteiger partial charge on any atom is -0.462 e. The zero-order chi connectivity index (χ0) is 36.8. The predicted molar refractivity (Wildman–Crippen MR) is 206 cm³/mol. The third-order valence-corrected chi connectivity index (χ3v) is 9.54. The highest BCUT2D eigenvalue weighted by molar-refractivity contribution is 7.47. The van der Waals surface area contributed by atoms with Crippen LogP contribution in [-0.4, -0.2) is 49.3 Å². The van der Waals surface area contributed by atoms with E-state index in [4.69, 9.17) is 24.3 Å². The van der Waals surface area contributed by atoms with Crippen LogP contribution in [0.25, 0.3) is 0 Å². The van der Waals surface area contributed by atoms with Gasteiger partial charge in [0.1, 0.15) is 6.61 Å². The van der Waals surface area contributed by atoms with Gasteiger partial charge in [-0.25, -0.2) is 4.57 Å². The molecule has 0 aromatic heterocycles. The highest BCUT2D eigenvalue weighted by atomic mass is 31.2. The van der Waals surface area contributed by atoms with E-state index >= 15 is 0 Å². The van der Waals surface area contributed by atoms with Gasteiger partial charge in [0.2, 0.25) is 0 Å². The lowest BCUT2D eigenvalue weighted by molar-refractivity contribution is -0.161. The Kier molecular flexibility index (Phi) is 36.1. The van der Waals surface area contributed by atoms with Crippen molar-refractivity contribution in [2.45, 2.75) is 193 Å². The summed E-state index contributed by atoms with van der Waals surface area (Å²) in [6.07, 6.45) is 37.8. The molecule has 3 N–H and O–H groups in total. The topological polar surface area (TPSA) is 134 Å². The van der Waals surface area contributed by atoms with Crippen LogP contribution in [-0.2, 0) is 32.7 Å². The molecule has 0 rings (SSSR count). The second-order valence-electron chi connectivity index (χ2n) is 13.5. The van der Waals surface area contributed by atoms with Gasteiger partial charge in [0, 0.05) is 19.4 Å². The highest BCUT2D eigenvalue weighted by Gasteiger charge is 2.26. The van der Waals surface area contributed by atoms with Gasteiger partial charge < -0.3 is 20.1 Å². The molecule has 0 aliphatic carbocycles. The zero-order valence-corrected chi connectivity index (χ0v) is 33.0. The Labute approximate surface area is 306 Å². The molecule has 0 saturated heterocycles. The van der Waals surface area contributed by atoms with Crippen LogP contribution in [0.5, 0.6) is 0 Å². The second kappa shape index (κ2) is 37.3. The molecule has 0 radical (unpaired) electrons. The Morgan fingerprint density at radius 3 is 1.46 bits per heavy atom. The number of hydrogen-bond donors (Lipinski definition) is 2. The Hall–Kier alpha value is -1.51. The first kappa shape index (κ1) is 48.5. The third-order valence-electron chi connectivity index (χ3n) is 8.56. The number of hydrogen-bond acceptors (Lipinski definition) is 8. The van der Waals surface area contributed by atoms with E-state index in [-0.39, 0.29) is 38.6 Å². The van der Waals surface area contributed by atoms with Crippen LogP contribution in [0.1, 0.15) is 187 Å². The van der Waals surface area contributed by atoms with Crippen molar-refractivity contribution in [3.8, 4) is 0 Å². The van der Waals surface area contributed by atoms with Crippen molar-refractivity contribution >= 4 is 19.8 Å². The van der Waals surface area contributed by atoms with Gasteiger partial charge in [0.05, 0.1) is 13.2 Å². The van der Waals surface area contributed by atoms with Crippen LogP contribution < -0.4 is 5.73 Å². The van der Waals surface area contributed by atoms with E-state index in [0.717, 1.165) is 70.6 Å². The van der Waals surface area contributed by atoms with Crippen molar-refractivity contribution in [3.63, 3.8) is 0 Å². The number of carbonyl (C=O) groups excluding carboxylic acids is 2. The van der Waals surface area contributed by atoms with Crippen molar-refractivity contribution < 1.29 is 37.6 Å². The number of unbranched alkanes of at least 4 members (excludes halogenated alkanes) is 21. The molecule has 0 saturated carbocycles. The van der Waals surface area contributed by atoms with Crippen molar-refractivity contribution in [1.29, 1.82) is 0 Å². The van der Waals surface area contributed by atoms with E-state index in [2.05, 4.69) is 38.2 Å². The molecule has 0 heterocycles. The predicted octanol–water partition coefficient (Wildman–Crippen LogP) is 11.2. The number of phosphoric ester groups is 1. The summed E-state index contributed by atoms with van der Waals surface area (Å²) >= 11 is 0. The molecule has 294 valence electrons. The number of esters is 2. The largest absolute Gasteiger partial charge is 0.472 e. The maximum absolute atomic E-state index is 12.5. The molecule has 50 heavy (non-hydrogen) atoms. The van der Waals surface area contributed by atoms with Crippen molar-refractivity contribution in [3.05, 3.63) is 24.3 Å². The summed E-state index contributed by atoms with van der Waals surface area (Å²) in [5.74, 6) is -0.842. The summed E-state index contributed by atoms with van der Waals surface area (Å²) < 4.78 is 32.7. The Morgan fingerprint density at radius 2 is 0.980 bits per heavy atom. The number of ether oxygens (including phenoxy) is 2. The van der Waals surface area contributed by atoms with Gasteiger partial charge in [-0.15, -0.1) is 0 Å². The van der Waals surface area contributed by atoms with E-state index in [1.807, 2.05) is 0 Å². The quantitative estimate of drug-likeness (QED) is 0.0275. The van der Waals surface area contributed by atoms with Crippen LogP contribution in [0.2, 0.25) is 0 Å². The Morgan fingerprint density at radius 1 is 0.580 bits per heavy atom. The summed E-state index contributed by atoms with van der Waals surface area (Å²) in [4.78, 5) is 34.7. The average molecular weight is 730 g/mol. The van der Waals surface area contributed by atoms with Crippen molar-refractivity contribution in [2.24, 2.45) is 5.73 Å². The van der Waals surface area contributed by atoms with E-state index < -0.39 is 26.5 Å². The van der Waals surface area contributed by atoms with Crippen molar-refractivity contribution in [1.82, 2.24) is 0 Å². The molecule has 0 aromatic rings. The van der Waals surface area contributed by atoms with Gasteiger partial charge in [-0.1, -0.05) is 134 Å². The van der Waals surface area contributed by atoms with Crippen LogP contribution >= 0.6 is 7.82 Å². The molecule has 10 heteroatoms. The minimum atomic E-state index is -4.37. The molecule has 0 aliphatic heterocycles. The second-order valence-corrected chi connectivity index (χ2v) is 14.9. The average Bonchev–Trinajstić information content (AvgIpc) is 3.10. The minimum absolute atomic E-state index is 0.0523. The fraction of sp³-hybridized carbons (Fsp3) is 0.850. The van der Waals surface area contributed by atoms with Gasteiger partial charge in [-0.3, -0.25) is 18.6 Å². The van der Waals surface area contributed by atoms with E-state index in [1.54, 1.807) is 0 Å².